The molecule has 1 atom stereocenters. The quantitative estimate of drug-likeness (QED) is 0.800. The van der Waals surface area contributed by atoms with Crippen LogP contribution in [0.5, 0.6) is 0 Å². The van der Waals surface area contributed by atoms with Gasteiger partial charge in [0.25, 0.3) is 11.1 Å². The van der Waals surface area contributed by atoms with Gasteiger partial charge in [0, 0.05) is 5.69 Å². The van der Waals surface area contributed by atoms with Gasteiger partial charge in [-0.25, -0.2) is 0 Å². The summed E-state index contributed by atoms with van der Waals surface area (Å²) in [4.78, 5) is 22.2. The molecule has 2 N–H and O–H groups in total. The molecule has 1 unspecified atom stereocenters. The first-order chi connectivity index (χ1) is 7.16. The number of carbonyl (C=O) groups is 2. The third kappa shape index (κ3) is 2.12. The van der Waals surface area contributed by atoms with Gasteiger partial charge in [-0.3, -0.25) is 14.9 Å². The molecule has 0 aliphatic carbocycles. The number of hydrogen-bond acceptors (Lipinski definition) is 4. The number of imide groups is 1. The molecular weight excluding hydrogens is 212 g/mol. The van der Waals surface area contributed by atoms with Crippen molar-refractivity contribution in [3.63, 3.8) is 0 Å². The number of para-hydroxylation sites is 1. The number of hydrogen-bond donors (Lipinski definition) is 2. The Morgan fingerprint density at radius 3 is 2.67 bits per heavy atom. The average molecular weight is 222 g/mol. The van der Waals surface area contributed by atoms with Crippen molar-refractivity contribution >= 4 is 28.6 Å². The van der Waals surface area contributed by atoms with E-state index in [1.54, 1.807) is 0 Å². The summed E-state index contributed by atoms with van der Waals surface area (Å²) in [7, 11) is 0. The van der Waals surface area contributed by atoms with Crippen LogP contribution in [0.2, 0.25) is 0 Å². The second-order valence-electron chi connectivity index (χ2n) is 3.23. The van der Waals surface area contributed by atoms with Gasteiger partial charge >= 0.3 is 0 Å². The van der Waals surface area contributed by atoms with Crippen molar-refractivity contribution in [2.45, 2.75) is 12.3 Å². The summed E-state index contributed by atoms with van der Waals surface area (Å²) in [6.07, 6.45) is 0. The SMILES string of the molecule is Cc1ccccc1NC1SC(=O)NC1=O. The van der Waals surface area contributed by atoms with Gasteiger partial charge in [0.2, 0.25) is 0 Å². The van der Waals surface area contributed by atoms with Crippen LogP contribution in [0.3, 0.4) is 0 Å². The number of nitrogens with one attached hydrogen (secondary N) is 2. The number of anilines is 1. The molecule has 1 heterocycles. The Morgan fingerprint density at radius 2 is 2.07 bits per heavy atom. The molecule has 1 aromatic carbocycles. The molecule has 0 bridgehead atoms. The van der Waals surface area contributed by atoms with Crippen LogP contribution in [-0.2, 0) is 4.79 Å². The molecule has 1 aliphatic rings. The highest BCUT2D eigenvalue weighted by Crippen LogP contribution is 2.23. The molecule has 0 aromatic heterocycles. The first-order valence-electron chi connectivity index (χ1n) is 4.50. The van der Waals surface area contributed by atoms with E-state index in [9.17, 15) is 9.59 Å². The van der Waals surface area contributed by atoms with Crippen molar-refractivity contribution in [3.05, 3.63) is 29.8 Å². The van der Waals surface area contributed by atoms with E-state index < -0.39 is 5.37 Å². The van der Waals surface area contributed by atoms with Gasteiger partial charge in [0.05, 0.1) is 0 Å². The molecule has 4 nitrogen and oxygen atoms in total. The normalized spacial score (nSPS) is 20.2. The maximum absolute atomic E-state index is 11.3. The molecule has 0 radical (unpaired) electrons. The molecule has 78 valence electrons. The Bertz CT molecular complexity index is 420. The molecule has 15 heavy (non-hydrogen) atoms. The van der Waals surface area contributed by atoms with E-state index in [2.05, 4.69) is 10.6 Å². The highest BCUT2D eigenvalue weighted by Gasteiger charge is 2.31. The van der Waals surface area contributed by atoms with Crippen molar-refractivity contribution < 1.29 is 9.59 Å². The van der Waals surface area contributed by atoms with Crippen molar-refractivity contribution in [2.24, 2.45) is 0 Å². The van der Waals surface area contributed by atoms with Gasteiger partial charge in [-0.15, -0.1) is 0 Å². The summed E-state index contributed by atoms with van der Waals surface area (Å²) in [5.41, 5.74) is 1.92. The molecule has 0 saturated carbocycles. The van der Waals surface area contributed by atoms with Crippen LogP contribution in [-0.4, -0.2) is 16.5 Å². The van der Waals surface area contributed by atoms with E-state index in [-0.39, 0.29) is 11.1 Å². The van der Waals surface area contributed by atoms with Gasteiger partial charge in [-0.1, -0.05) is 18.2 Å². The molecular formula is C10H10N2O2S. The fraction of sp³-hybridized carbons (Fsp3) is 0.200. The maximum Gasteiger partial charge on any atom is 0.288 e. The zero-order valence-corrected chi connectivity index (χ0v) is 8.93. The average Bonchev–Trinajstić information content (AvgIpc) is 2.49. The van der Waals surface area contributed by atoms with Gasteiger partial charge in [0.1, 0.15) is 0 Å². The summed E-state index contributed by atoms with van der Waals surface area (Å²) in [5.74, 6) is -0.284. The lowest BCUT2D eigenvalue weighted by Crippen LogP contribution is -2.29. The zero-order valence-electron chi connectivity index (χ0n) is 8.11. The molecule has 2 rings (SSSR count). The lowest BCUT2D eigenvalue weighted by Gasteiger charge is -2.11. The minimum atomic E-state index is -0.515. The predicted octanol–water partition coefficient (Wildman–Crippen LogP) is 1.72. The first-order valence-corrected chi connectivity index (χ1v) is 5.38. The van der Waals surface area contributed by atoms with E-state index in [4.69, 9.17) is 0 Å². The van der Waals surface area contributed by atoms with E-state index >= 15 is 0 Å². The second-order valence-corrected chi connectivity index (χ2v) is 4.31. The monoisotopic (exact) mass is 222 g/mol. The van der Waals surface area contributed by atoms with Gasteiger partial charge in [-0.05, 0) is 30.3 Å². The van der Waals surface area contributed by atoms with E-state index in [1.165, 1.54) is 0 Å². The number of aryl methyl sites for hydroxylation is 1. The fourth-order valence-electron chi connectivity index (χ4n) is 1.33. The van der Waals surface area contributed by atoms with Crippen molar-refractivity contribution in [1.82, 2.24) is 5.32 Å². The van der Waals surface area contributed by atoms with Crippen LogP contribution in [0.4, 0.5) is 10.5 Å². The van der Waals surface area contributed by atoms with Crippen LogP contribution < -0.4 is 10.6 Å². The predicted molar refractivity (Wildman–Crippen MR) is 59.7 cm³/mol. The Balaban J connectivity index is 2.13. The number of benzene rings is 1. The molecule has 2 amide bonds. The van der Waals surface area contributed by atoms with Crippen molar-refractivity contribution in [1.29, 1.82) is 0 Å². The minimum Gasteiger partial charge on any atom is -0.365 e. The number of amides is 2. The molecule has 5 heteroatoms. The van der Waals surface area contributed by atoms with Crippen LogP contribution >= 0.6 is 11.8 Å². The fourth-order valence-corrected chi connectivity index (χ4v) is 2.05. The minimum absolute atomic E-state index is 0.284. The number of carbonyl (C=O) groups excluding carboxylic acids is 2. The largest absolute Gasteiger partial charge is 0.365 e. The standard InChI is InChI=1S/C10H10N2O2S/c1-6-4-2-3-5-7(6)11-9-8(13)12-10(14)15-9/h2-5,9,11H,1H3,(H,12,13,14). The smallest absolute Gasteiger partial charge is 0.288 e. The molecule has 0 spiro atoms. The topological polar surface area (TPSA) is 58.2 Å². The maximum atomic E-state index is 11.3. The van der Waals surface area contributed by atoms with Crippen LogP contribution in [0.1, 0.15) is 5.56 Å². The summed E-state index contributed by atoms with van der Waals surface area (Å²) < 4.78 is 0. The summed E-state index contributed by atoms with van der Waals surface area (Å²) >= 11 is 0.967. The van der Waals surface area contributed by atoms with E-state index in [0.717, 1.165) is 23.0 Å². The lowest BCUT2D eigenvalue weighted by molar-refractivity contribution is -0.118. The Labute approximate surface area is 91.4 Å². The molecule has 1 saturated heterocycles. The Kier molecular flexibility index (Phi) is 2.64. The van der Waals surface area contributed by atoms with Crippen molar-refractivity contribution in [2.75, 3.05) is 5.32 Å². The van der Waals surface area contributed by atoms with Gasteiger partial charge in [-0.2, -0.15) is 0 Å². The van der Waals surface area contributed by atoms with Crippen LogP contribution in [0.15, 0.2) is 24.3 Å². The highest BCUT2D eigenvalue weighted by atomic mass is 32.2. The number of thioether (sulfide) groups is 1. The summed E-state index contributed by atoms with van der Waals surface area (Å²) in [6, 6.07) is 7.63. The second kappa shape index (κ2) is 3.94. The Hall–Kier alpha value is -1.49. The third-order valence-corrected chi connectivity index (χ3v) is 3.00. The first kappa shape index (κ1) is 10.0. The van der Waals surface area contributed by atoms with E-state index in [0.29, 0.717) is 0 Å². The van der Waals surface area contributed by atoms with Crippen LogP contribution in [0, 0.1) is 6.92 Å². The van der Waals surface area contributed by atoms with E-state index in [1.807, 2.05) is 31.2 Å². The molecule has 1 fully saturated rings. The molecule has 1 aromatic rings. The Morgan fingerprint density at radius 1 is 1.33 bits per heavy atom. The highest BCUT2D eigenvalue weighted by molar-refractivity contribution is 8.15. The third-order valence-electron chi connectivity index (χ3n) is 2.12. The lowest BCUT2D eigenvalue weighted by atomic mass is 10.2. The summed E-state index contributed by atoms with van der Waals surface area (Å²) in [6.45, 7) is 1.95. The van der Waals surface area contributed by atoms with Gasteiger partial charge < -0.3 is 5.32 Å². The van der Waals surface area contributed by atoms with Crippen LogP contribution in [0.25, 0.3) is 0 Å². The summed E-state index contributed by atoms with van der Waals surface area (Å²) in [5, 5.41) is 4.43. The van der Waals surface area contributed by atoms with Crippen molar-refractivity contribution in [3.8, 4) is 0 Å². The van der Waals surface area contributed by atoms with Gasteiger partial charge in [0.15, 0.2) is 5.37 Å². The zero-order chi connectivity index (χ0) is 10.8. The molecule has 1 aliphatic heterocycles. The number of rotatable bonds is 2.